The lowest BCUT2D eigenvalue weighted by Gasteiger charge is -2.36. The second-order valence-electron chi connectivity index (χ2n) is 6.85. The molecule has 0 aliphatic carbocycles. The smallest absolute Gasteiger partial charge is 0.245 e. The molecule has 0 bridgehead atoms. The fourth-order valence-corrected chi connectivity index (χ4v) is 3.92. The maximum atomic E-state index is 13.1. The standard InChI is InChI=1S/C18H22N6O/c1-22-7-9-23(10-8-22)18(25)15-3-2-6-24(15)14-4-5-20-17-16(14)13(11-19)12-21-17/h4-5,12,15H,2-3,6-10H2,1H3,(H,20,21)/t15-/m0/s1. The highest BCUT2D eigenvalue weighted by atomic mass is 16.2. The van der Waals surface area contributed by atoms with E-state index in [4.69, 9.17) is 0 Å². The highest BCUT2D eigenvalue weighted by Gasteiger charge is 2.35. The van der Waals surface area contributed by atoms with Crippen LogP contribution in [0.3, 0.4) is 0 Å². The zero-order valence-corrected chi connectivity index (χ0v) is 14.4. The Labute approximate surface area is 146 Å². The van der Waals surface area contributed by atoms with Crippen molar-refractivity contribution in [1.82, 2.24) is 19.8 Å². The predicted octanol–water partition coefficient (Wildman–Crippen LogP) is 1.18. The van der Waals surface area contributed by atoms with Gasteiger partial charge in [0.2, 0.25) is 5.91 Å². The number of nitriles is 1. The molecular formula is C18H22N6O. The van der Waals surface area contributed by atoms with Gasteiger partial charge in [-0.05, 0) is 26.0 Å². The van der Waals surface area contributed by atoms with E-state index in [1.54, 1.807) is 12.4 Å². The number of hydrogen-bond donors (Lipinski definition) is 1. The van der Waals surface area contributed by atoms with Gasteiger partial charge in [-0.2, -0.15) is 5.26 Å². The number of hydrogen-bond acceptors (Lipinski definition) is 5. The number of likely N-dealkylation sites (N-methyl/N-ethyl adjacent to an activating group) is 1. The molecule has 0 unspecified atom stereocenters. The molecule has 2 aliphatic heterocycles. The molecule has 7 heteroatoms. The highest BCUT2D eigenvalue weighted by molar-refractivity contribution is 5.97. The number of amides is 1. The summed E-state index contributed by atoms with van der Waals surface area (Å²) >= 11 is 0. The molecule has 2 aromatic rings. The van der Waals surface area contributed by atoms with Gasteiger partial charge in [-0.1, -0.05) is 0 Å². The summed E-state index contributed by atoms with van der Waals surface area (Å²) in [6, 6.07) is 4.01. The molecule has 2 aliphatic rings. The minimum atomic E-state index is -0.143. The van der Waals surface area contributed by atoms with Gasteiger partial charge in [0.25, 0.3) is 0 Å². The summed E-state index contributed by atoms with van der Waals surface area (Å²) < 4.78 is 0. The third-order valence-electron chi connectivity index (χ3n) is 5.33. The number of carbonyl (C=O) groups is 1. The van der Waals surface area contributed by atoms with Gasteiger partial charge in [0.1, 0.15) is 17.8 Å². The van der Waals surface area contributed by atoms with Crippen molar-refractivity contribution in [3.63, 3.8) is 0 Å². The largest absolute Gasteiger partial charge is 0.359 e. The molecule has 1 amide bonds. The van der Waals surface area contributed by atoms with Crippen LogP contribution in [0.15, 0.2) is 18.5 Å². The Balaban J connectivity index is 1.65. The van der Waals surface area contributed by atoms with Crippen LogP contribution in [-0.4, -0.2) is 71.5 Å². The molecule has 0 saturated carbocycles. The van der Waals surface area contributed by atoms with Gasteiger partial charge in [-0.3, -0.25) is 4.79 Å². The van der Waals surface area contributed by atoms with Crippen molar-refractivity contribution < 1.29 is 4.79 Å². The van der Waals surface area contributed by atoms with Crippen LogP contribution in [0, 0.1) is 11.3 Å². The fourth-order valence-electron chi connectivity index (χ4n) is 3.92. The van der Waals surface area contributed by atoms with Crippen LogP contribution >= 0.6 is 0 Å². The first-order valence-corrected chi connectivity index (χ1v) is 8.79. The lowest BCUT2D eigenvalue weighted by Crippen LogP contribution is -2.53. The Kier molecular flexibility index (Phi) is 4.06. The van der Waals surface area contributed by atoms with Gasteiger partial charge in [-0.25, -0.2) is 4.98 Å². The van der Waals surface area contributed by atoms with E-state index in [2.05, 4.69) is 32.9 Å². The number of piperazine rings is 1. The van der Waals surface area contributed by atoms with Crippen LogP contribution in [0.4, 0.5) is 5.69 Å². The molecule has 2 aromatic heterocycles. The van der Waals surface area contributed by atoms with E-state index in [0.29, 0.717) is 11.2 Å². The number of anilines is 1. The molecule has 7 nitrogen and oxygen atoms in total. The van der Waals surface area contributed by atoms with Crippen LogP contribution < -0.4 is 4.90 Å². The highest BCUT2D eigenvalue weighted by Crippen LogP contribution is 2.33. The number of nitrogens with zero attached hydrogens (tertiary/aromatic N) is 5. The normalized spacial score (nSPS) is 21.7. The first-order valence-electron chi connectivity index (χ1n) is 8.79. The van der Waals surface area contributed by atoms with Crippen molar-refractivity contribution in [3.05, 3.63) is 24.0 Å². The number of H-pyrrole nitrogens is 1. The van der Waals surface area contributed by atoms with Crippen molar-refractivity contribution in [2.45, 2.75) is 18.9 Å². The van der Waals surface area contributed by atoms with Gasteiger partial charge in [0.05, 0.1) is 16.6 Å². The van der Waals surface area contributed by atoms with E-state index >= 15 is 0 Å². The number of pyridine rings is 1. The Morgan fingerprint density at radius 1 is 1.32 bits per heavy atom. The van der Waals surface area contributed by atoms with E-state index in [0.717, 1.165) is 56.6 Å². The molecule has 4 rings (SSSR count). The number of aromatic nitrogens is 2. The molecular weight excluding hydrogens is 316 g/mol. The zero-order valence-electron chi connectivity index (χ0n) is 14.4. The summed E-state index contributed by atoms with van der Waals surface area (Å²) in [5.41, 5.74) is 2.22. The first kappa shape index (κ1) is 15.9. The summed E-state index contributed by atoms with van der Waals surface area (Å²) in [5.74, 6) is 0.213. The van der Waals surface area contributed by atoms with Crippen molar-refractivity contribution in [2.75, 3.05) is 44.7 Å². The second-order valence-corrected chi connectivity index (χ2v) is 6.85. The third-order valence-corrected chi connectivity index (χ3v) is 5.33. The fraction of sp³-hybridized carbons (Fsp3) is 0.500. The summed E-state index contributed by atoms with van der Waals surface area (Å²) in [4.78, 5) is 26.9. The van der Waals surface area contributed by atoms with Gasteiger partial charge in [0, 0.05) is 45.1 Å². The number of rotatable bonds is 2. The molecule has 4 heterocycles. The molecule has 0 spiro atoms. The van der Waals surface area contributed by atoms with Gasteiger partial charge >= 0.3 is 0 Å². The average Bonchev–Trinajstić information content (AvgIpc) is 3.28. The summed E-state index contributed by atoms with van der Waals surface area (Å²) in [5, 5.41) is 10.2. The van der Waals surface area contributed by atoms with E-state index in [1.807, 2.05) is 11.0 Å². The maximum absolute atomic E-state index is 13.1. The minimum absolute atomic E-state index is 0.143. The lowest BCUT2D eigenvalue weighted by atomic mass is 10.1. The predicted molar refractivity (Wildman–Crippen MR) is 95.3 cm³/mol. The van der Waals surface area contributed by atoms with E-state index in [1.165, 1.54) is 0 Å². The second kappa shape index (κ2) is 6.37. The van der Waals surface area contributed by atoms with Crippen molar-refractivity contribution in [3.8, 4) is 6.07 Å². The van der Waals surface area contributed by atoms with Crippen molar-refractivity contribution >= 4 is 22.6 Å². The van der Waals surface area contributed by atoms with E-state index < -0.39 is 0 Å². The SMILES string of the molecule is CN1CCN(C(=O)[C@@H]2CCCN2c2ccnc3[nH]cc(C#N)c23)CC1. The van der Waals surface area contributed by atoms with Crippen LogP contribution in [0.2, 0.25) is 0 Å². The molecule has 0 aromatic carbocycles. The number of carbonyl (C=O) groups excluding carboxylic acids is 1. The quantitative estimate of drug-likeness (QED) is 0.889. The average molecular weight is 338 g/mol. The molecule has 2 saturated heterocycles. The summed E-state index contributed by atoms with van der Waals surface area (Å²) in [6.45, 7) is 4.26. The van der Waals surface area contributed by atoms with Gasteiger partial charge in [0.15, 0.2) is 0 Å². The Bertz CT molecular complexity index is 830. The molecule has 2 fully saturated rings. The molecule has 25 heavy (non-hydrogen) atoms. The third kappa shape index (κ3) is 2.72. The monoisotopic (exact) mass is 338 g/mol. The van der Waals surface area contributed by atoms with Crippen LogP contribution in [0.5, 0.6) is 0 Å². The lowest BCUT2D eigenvalue weighted by molar-refractivity contribution is -0.134. The molecule has 0 radical (unpaired) electrons. The first-order chi connectivity index (χ1) is 12.2. The Hall–Kier alpha value is -2.59. The van der Waals surface area contributed by atoms with Crippen molar-refractivity contribution in [2.24, 2.45) is 0 Å². The Morgan fingerprint density at radius 2 is 2.12 bits per heavy atom. The zero-order chi connectivity index (χ0) is 17.4. The van der Waals surface area contributed by atoms with Gasteiger partial charge in [-0.15, -0.1) is 0 Å². The molecule has 1 N–H and O–H groups in total. The van der Waals surface area contributed by atoms with E-state index in [-0.39, 0.29) is 11.9 Å². The number of aromatic amines is 1. The van der Waals surface area contributed by atoms with Crippen LogP contribution in [0.25, 0.3) is 11.0 Å². The van der Waals surface area contributed by atoms with Crippen LogP contribution in [-0.2, 0) is 4.79 Å². The van der Waals surface area contributed by atoms with Crippen molar-refractivity contribution in [1.29, 1.82) is 5.26 Å². The summed E-state index contributed by atoms with van der Waals surface area (Å²) in [7, 11) is 2.09. The number of fused-ring (bicyclic) bond motifs is 1. The van der Waals surface area contributed by atoms with Gasteiger partial charge < -0.3 is 19.7 Å². The maximum Gasteiger partial charge on any atom is 0.245 e. The van der Waals surface area contributed by atoms with E-state index in [9.17, 15) is 10.1 Å². The molecule has 1 atom stereocenters. The topological polar surface area (TPSA) is 79.3 Å². The Morgan fingerprint density at radius 3 is 2.88 bits per heavy atom. The minimum Gasteiger partial charge on any atom is -0.359 e. The summed E-state index contributed by atoms with van der Waals surface area (Å²) in [6.07, 6.45) is 5.28. The van der Waals surface area contributed by atoms with Crippen LogP contribution in [0.1, 0.15) is 18.4 Å². The number of nitrogens with one attached hydrogen (secondary N) is 1. The molecule has 130 valence electrons.